The highest BCUT2D eigenvalue weighted by atomic mass is 16.5. The molecule has 1 fully saturated rings. The number of nitrogens with one attached hydrogen (secondary N) is 1. The van der Waals surface area contributed by atoms with Crippen LogP contribution in [0.5, 0.6) is 11.6 Å². The minimum atomic E-state index is 0.0134. The van der Waals surface area contributed by atoms with Gasteiger partial charge >= 0.3 is 0 Å². The number of ether oxygens (including phenoxy) is 1. The molecule has 1 aromatic carbocycles. The molecule has 0 amide bonds. The second kappa shape index (κ2) is 7.36. The lowest BCUT2D eigenvalue weighted by atomic mass is 10.1. The third kappa shape index (κ3) is 3.80. The average Bonchev–Trinajstić information content (AvgIpc) is 2.62. The van der Waals surface area contributed by atoms with E-state index < -0.39 is 0 Å². The maximum Gasteiger partial charge on any atom is 0.246 e. The number of benzene rings is 1. The van der Waals surface area contributed by atoms with Crippen LogP contribution in [0.2, 0.25) is 0 Å². The Kier molecular flexibility index (Phi) is 5.00. The summed E-state index contributed by atoms with van der Waals surface area (Å²) in [4.78, 5) is 6.66. The highest BCUT2D eigenvalue weighted by molar-refractivity contribution is 5.71. The molecule has 0 bridgehead atoms. The van der Waals surface area contributed by atoms with Crippen LogP contribution in [0.3, 0.4) is 0 Å². The van der Waals surface area contributed by atoms with Crippen molar-refractivity contribution in [3.8, 4) is 35.2 Å². The van der Waals surface area contributed by atoms with Gasteiger partial charge in [-0.15, -0.1) is 16.6 Å². The molecule has 0 aliphatic carbocycles. The highest BCUT2D eigenvalue weighted by Crippen LogP contribution is 2.33. The smallest absolute Gasteiger partial charge is 0.246 e. The first-order valence-corrected chi connectivity index (χ1v) is 8.14. The number of phenols is 1. The van der Waals surface area contributed by atoms with E-state index >= 15 is 0 Å². The lowest BCUT2D eigenvalue weighted by Crippen LogP contribution is -2.40. The van der Waals surface area contributed by atoms with E-state index in [9.17, 15) is 5.11 Å². The van der Waals surface area contributed by atoms with Gasteiger partial charge in [0.05, 0.1) is 7.11 Å². The van der Waals surface area contributed by atoms with Crippen LogP contribution in [0.15, 0.2) is 18.2 Å². The lowest BCUT2D eigenvalue weighted by Gasteiger charge is -2.30. The molecule has 0 saturated carbocycles. The van der Waals surface area contributed by atoms with Gasteiger partial charge in [0.1, 0.15) is 5.75 Å². The summed E-state index contributed by atoms with van der Waals surface area (Å²) in [6.07, 6.45) is 7.54. The van der Waals surface area contributed by atoms with Crippen molar-refractivity contribution in [3.05, 3.63) is 23.8 Å². The molecule has 1 aliphatic heterocycles. The zero-order valence-corrected chi connectivity index (χ0v) is 14.4. The molecule has 2 aromatic rings. The van der Waals surface area contributed by atoms with E-state index in [0.717, 1.165) is 25.9 Å². The minimum Gasteiger partial charge on any atom is -0.507 e. The van der Waals surface area contributed by atoms with Crippen LogP contribution < -0.4 is 10.1 Å². The van der Waals surface area contributed by atoms with E-state index in [2.05, 4.69) is 38.4 Å². The Morgan fingerprint density at radius 1 is 1.40 bits per heavy atom. The van der Waals surface area contributed by atoms with Crippen LogP contribution in [0.4, 0.5) is 5.95 Å². The second-order valence-corrected chi connectivity index (χ2v) is 6.12. The SMILES string of the molecule is C#Cc1ccc(-c2nnc(N[C@@H]3CCCN(C)C3)nc2OC)c(O)c1. The Morgan fingerprint density at radius 2 is 2.24 bits per heavy atom. The van der Waals surface area contributed by atoms with Crippen LogP contribution in [-0.2, 0) is 0 Å². The van der Waals surface area contributed by atoms with Gasteiger partial charge in [0.25, 0.3) is 0 Å². The van der Waals surface area contributed by atoms with Gasteiger partial charge in [0.15, 0.2) is 5.69 Å². The molecule has 2 heterocycles. The summed E-state index contributed by atoms with van der Waals surface area (Å²) in [6.45, 7) is 2.04. The van der Waals surface area contributed by atoms with Gasteiger partial charge in [-0.2, -0.15) is 4.98 Å². The van der Waals surface area contributed by atoms with E-state index in [1.165, 1.54) is 13.2 Å². The van der Waals surface area contributed by atoms with Crippen LogP contribution >= 0.6 is 0 Å². The molecule has 1 aliphatic rings. The Bertz CT molecular complexity index is 803. The van der Waals surface area contributed by atoms with Gasteiger partial charge in [-0.05, 0) is 44.6 Å². The van der Waals surface area contributed by atoms with Crippen LogP contribution in [0.25, 0.3) is 11.3 Å². The number of phenolic OH excluding ortho intramolecular Hbond substituents is 1. The Balaban J connectivity index is 1.86. The fraction of sp³-hybridized carbons (Fsp3) is 0.389. The molecule has 1 saturated heterocycles. The normalized spacial score (nSPS) is 17.7. The molecule has 0 unspecified atom stereocenters. The minimum absolute atomic E-state index is 0.0134. The number of piperidine rings is 1. The van der Waals surface area contributed by atoms with Gasteiger partial charge in [-0.3, -0.25) is 0 Å². The number of terminal acetylenes is 1. The van der Waals surface area contributed by atoms with Crippen molar-refractivity contribution < 1.29 is 9.84 Å². The molecule has 0 spiro atoms. The van der Waals surface area contributed by atoms with E-state index in [0.29, 0.717) is 28.6 Å². The topological polar surface area (TPSA) is 83.4 Å². The van der Waals surface area contributed by atoms with Gasteiger partial charge < -0.3 is 20.1 Å². The molecule has 7 nitrogen and oxygen atoms in total. The molecule has 2 N–H and O–H groups in total. The number of anilines is 1. The zero-order chi connectivity index (χ0) is 17.8. The summed E-state index contributed by atoms with van der Waals surface area (Å²) in [5.74, 6) is 3.20. The van der Waals surface area contributed by atoms with E-state index in [-0.39, 0.29) is 11.8 Å². The third-order valence-corrected chi connectivity index (χ3v) is 4.23. The van der Waals surface area contributed by atoms with E-state index in [1.807, 2.05) is 0 Å². The van der Waals surface area contributed by atoms with Crippen molar-refractivity contribution >= 4 is 5.95 Å². The van der Waals surface area contributed by atoms with Crippen LogP contribution in [0.1, 0.15) is 18.4 Å². The van der Waals surface area contributed by atoms with Crippen LogP contribution in [-0.4, -0.2) is 58.5 Å². The first-order valence-electron chi connectivity index (χ1n) is 8.14. The first kappa shape index (κ1) is 17.0. The van der Waals surface area contributed by atoms with Crippen LogP contribution in [0, 0.1) is 12.3 Å². The number of likely N-dealkylation sites (N-methyl/N-ethyl adjacent to an activating group) is 1. The number of aromatic hydroxyl groups is 1. The highest BCUT2D eigenvalue weighted by Gasteiger charge is 2.20. The maximum absolute atomic E-state index is 10.2. The number of methoxy groups -OCH3 is 1. The van der Waals surface area contributed by atoms with Crippen molar-refractivity contribution in [2.75, 3.05) is 32.6 Å². The quantitative estimate of drug-likeness (QED) is 0.821. The maximum atomic E-state index is 10.2. The van der Waals surface area contributed by atoms with Crippen molar-refractivity contribution in [1.82, 2.24) is 20.1 Å². The van der Waals surface area contributed by atoms with E-state index in [1.54, 1.807) is 12.1 Å². The zero-order valence-electron chi connectivity index (χ0n) is 14.4. The predicted octanol–water partition coefficient (Wildman–Crippen LogP) is 1.74. The molecule has 7 heteroatoms. The monoisotopic (exact) mass is 339 g/mol. The summed E-state index contributed by atoms with van der Waals surface area (Å²) in [7, 11) is 3.61. The molecule has 1 atom stereocenters. The van der Waals surface area contributed by atoms with Gasteiger partial charge in [0.2, 0.25) is 11.8 Å². The fourth-order valence-corrected chi connectivity index (χ4v) is 2.97. The standard InChI is InChI=1S/C18H21N5O2/c1-4-12-7-8-14(15(24)10-12)16-17(25-3)20-18(22-21-16)19-13-6-5-9-23(2)11-13/h1,7-8,10,13,24H,5-6,9,11H2,2-3H3,(H,19,20,22)/t13-/m1/s1. The lowest BCUT2D eigenvalue weighted by molar-refractivity contribution is 0.260. The van der Waals surface area contributed by atoms with Crippen molar-refractivity contribution in [2.45, 2.75) is 18.9 Å². The molecule has 0 radical (unpaired) electrons. The van der Waals surface area contributed by atoms with Crippen molar-refractivity contribution in [3.63, 3.8) is 0 Å². The predicted molar refractivity (Wildman–Crippen MR) is 95.6 cm³/mol. The van der Waals surface area contributed by atoms with Crippen molar-refractivity contribution in [1.29, 1.82) is 0 Å². The first-order chi connectivity index (χ1) is 12.1. The number of nitrogens with zero attached hydrogens (tertiary/aromatic N) is 4. The third-order valence-electron chi connectivity index (χ3n) is 4.23. The number of hydrogen-bond acceptors (Lipinski definition) is 7. The second-order valence-electron chi connectivity index (χ2n) is 6.12. The molecular formula is C18H21N5O2. The molecular weight excluding hydrogens is 318 g/mol. The number of hydrogen-bond donors (Lipinski definition) is 2. The fourth-order valence-electron chi connectivity index (χ4n) is 2.97. The Labute approximate surface area is 147 Å². The molecule has 1 aromatic heterocycles. The summed E-state index contributed by atoms with van der Waals surface area (Å²) >= 11 is 0. The van der Waals surface area contributed by atoms with Crippen molar-refractivity contribution in [2.24, 2.45) is 0 Å². The van der Waals surface area contributed by atoms with Gasteiger partial charge in [-0.25, -0.2) is 0 Å². The number of likely N-dealkylation sites (tertiary alicyclic amines) is 1. The summed E-state index contributed by atoms with van der Waals surface area (Å²) in [5.41, 5.74) is 1.43. The summed E-state index contributed by atoms with van der Waals surface area (Å²) in [5, 5.41) is 21.8. The Morgan fingerprint density at radius 3 is 2.92 bits per heavy atom. The largest absolute Gasteiger partial charge is 0.507 e. The van der Waals surface area contributed by atoms with Gasteiger partial charge in [0, 0.05) is 23.7 Å². The van der Waals surface area contributed by atoms with E-state index in [4.69, 9.17) is 11.2 Å². The Hall–Kier alpha value is -2.85. The summed E-state index contributed by atoms with van der Waals surface area (Å²) < 4.78 is 5.35. The number of aromatic nitrogens is 3. The van der Waals surface area contributed by atoms with Gasteiger partial charge in [-0.1, -0.05) is 5.92 Å². The molecule has 3 rings (SSSR count). The summed E-state index contributed by atoms with van der Waals surface area (Å²) in [6, 6.07) is 5.18. The number of rotatable bonds is 4. The average molecular weight is 339 g/mol. The molecule has 25 heavy (non-hydrogen) atoms. The molecule has 130 valence electrons.